The Morgan fingerprint density at radius 1 is 1.29 bits per heavy atom. The van der Waals surface area contributed by atoms with Crippen molar-refractivity contribution in [3.05, 3.63) is 16.0 Å². The second-order valence-corrected chi connectivity index (χ2v) is 7.43. The standard InChI is InChI=1S/C17H26N2O4S/c1-6-22-17(21)15-12(4)13(5)24-16(15)18-14(20)9-19-7-10(2)23-11(3)8-19/h10-11H,6-9H2,1-5H3,(H,18,20)/t10-,11+. The first-order chi connectivity index (χ1) is 11.3. The number of esters is 1. The third kappa shape index (κ3) is 4.55. The number of rotatable bonds is 5. The molecule has 7 heteroatoms. The van der Waals surface area contributed by atoms with Crippen LogP contribution in [0.4, 0.5) is 5.00 Å². The van der Waals surface area contributed by atoms with Crippen molar-refractivity contribution in [2.24, 2.45) is 0 Å². The summed E-state index contributed by atoms with van der Waals surface area (Å²) in [4.78, 5) is 27.6. The van der Waals surface area contributed by atoms with Crippen LogP contribution in [0.2, 0.25) is 0 Å². The van der Waals surface area contributed by atoms with Gasteiger partial charge in [-0.25, -0.2) is 4.79 Å². The first kappa shape index (κ1) is 18.9. The highest BCUT2D eigenvalue weighted by Crippen LogP contribution is 2.33. The van der Waals surface area contributed by atoms with E-state index in [4.69, 9.17) is 9.47 Å². The average Bonchev–Trinajstić information content (AvgIpc) is 2.72. The molecule has 0 unspecified atom stereocenters. The van der Waals surface area contributed by atoms with Crippen molar-refractivity contribution >= 4 is 28.2 Å². The van der Waals surface area contributed by atoms with E-state index in [9.17, 15) is 9.59 Å². The molecule has 24 heavy (non-hydrogen) atoms. The lowest BCUT2D eigenvalue weighted by molar-refractivity contribution is -0.121. The number of thiophene rings is 1. The van der Waals surface area contributed by atoms with Crippen LogP contribution in [0, 0.1) is 13.8 Å². The molecule has 1 aliphatic rings. The zero-order valence-corrected chi connectivity index (χ0v) is 15.8. The zero-order chi connectivity index (χ0) is 17.9. The van der Waals surface area contributed by atoms with Crippen LogP contribution in [-0.2, 0) is 14.3 Å². The number of carbonyl (C=O) groups excluding carboxylic acids is 2. The van der Waals surface area contributed by atoms with Gasteiger partial charge >= 0.3 is 5.97 Å². The van der Waals surface area contributed by atoms with Crippen LogP contribution < -0.4 is 5.32 Å². The lowest BCUT2D eigenvalue weighted by Gasteiger charge is -2.34. The van der Waals surface area contributed by atoms with Gasteiger partial charge in [-0.1, -0.05) is 0 Å². The molecule has 1 N–H and O–H groups in total. The van der Waals surface area contributed by atoms with Crippen LogP contribution in [0.5, 0.6) is 0 Å². The van der Waals surface area contributed by atoms with Gasteiger partial charge in [0.05, 0.1) is 30.9 Å². The van der Waals surface area contributed by atoms with Gasteiger partial charge in [-0.05, 0) is 40.2 Å². The van der Waals surface area contributed by atoms with Crippen molar-refractivity contribution in [1.29, 1.82) is 0 Å². The summed E-state index contributed by atoms with van der Waals surface area (Å²) in [6.07, 6.45) is 0.228. The number of ether oxygens (including phenoxy) is 2. The van der Waals surface area contributed by atoms with Crippen molar-refractivity contribution in [2.45, 2.75) is 46.8 Å². The van der Waals surface area contributed by atoms with Crippen molar-refractivity contribution in [3.63, 3.8) is 0 Å². The van der Waals surface area contributed by atoms with Gasteiger partial charge in [-0.15, -0.1) is 11.3 Å². The third-order valence-corrected chi connectivity index (χ3v) is 5.10. The monoisotopic (exact) mass is 354 g/mol. The molecule has 0 radical (unpaired) electrons. The number of anilines is 1. The molecule has 2 atom stereocenters. The van der Waals surface area contributed by atoms with E-state index in [1.165, 1.54) is 11.3 Å². The number of aryl methyl sites for hydroxylation is 1. The maximum Gasteiger partial charge on any atom is 0.341 e. The number of nitrogens with one attached hydrogen (secondary N) is 1. The second kappa shape index (κ2) is 8.09. The van der Waals surface area contributed by atoms with Crippen molar-refractivity contribution in [3.8, 4) is 0 Å². The van der Waals surface area contributed by atoms with E-state index in [0.29, 0.717) is 17.2 Å². The minimum Gasteiger partial charge on any atom is -0.462 e. The summed E-state index contributed by atoms with van der Waals surface area (Å²) >= 11 is 1.41. The molecule has 134 valence electrons. The van der Waals surface area contributed by atoms with Gasteiger partial charge < -0.3 is 14.8 Å². The molecule has 0 saturated carbocycles. The summed E-state index contributed by atoms with van der Waals surface area (Å²) in [6, 6.07) is 0. The lowest BCUT2D eigenvalue weighted by Crippen LogP contribution is -2.48. The Morgan fingerprint density at radius 3 is 2.50 bits per heavy atom. The van der Waals surface area contributed by atoms with Crippen LogP contribution >= 0.6 is 11.3 Å². The molecule has 1 aromatic rings. The molecule has 1 amide bonds. The van der Waals surface area contributed by atoms with Crippen molar-refractivity contribution < 1.29 is 19.1 Å². The van der Waals surface area contributed by atoms with Gasteiger partial charge in [-0.2, -0.15) is 0 Å². The van der Waals surface area contributed by atoms with Gasteiger partial charge in [0.15, 0.2) is 0 Å². The second-order valence-electron chi connectivity index (χ2n) is 6.21. The fourth-order valence-electron chi connectivity index (χ4n) is 2.95. The Kier molecular flexibility index (Phi) is 6.37. The molecule has 0 bridgehead atoms. The van der Waals surface area contributed by atoms with Crippen molar-refractivity contribution in [2.75, 3.05) is 31.6 Å². The van der Waals surface area contributed by atoms with Crippen LogP contribution in [0.15, 0.2) is 0 Å². The fraction of sp³-hybridized carbons (Fsp3) is 0.647. The number of amides is 1. The SMILES string of the molecule is CCOC(=O)c1c(NC(=O)CN2C[C@@H](C)O[C@@H](C)C2)sc(C)c1C. The molecule has 0 spiro atoms. The minimum atomic E-state index is -0.386. The van der Waals surface area contributed by atoms with E-state index in [0.717, 1.165) is 23.5 Å². The molecule has 0 aliphatic carbocycles. The van der Waals surface area contributed by atoms with E-state index < -0.39 is 0 Å². The lowest BCUT2D eigenvalue weighted by atomic mass is 10.1. The maximum absolute atomic E-state index is 12.4. The van der Waals surface area contributed by atoms with Crippen LogP contribution in [0.25, 0.3) is 0 Å². The van der Waals surface area contributed by atoms with E-state index in [1.54, 1.807) is 6.92 Å². The molecular formula is C17H26N2O4S. The largest absolute Gasteiger partial charge is 0.462 e. The quantitative estimate of drug-likeness (QED) is 0.823. The molecule has 1 fully saturated rings. The Labute approximate surface area is 147 Å². The van der Waals surface area contributed by atoms with Gasteiger partial charge in [0.2, 0.25) is 5.91 Å². The number of morpholine rings is 1. The molecule has 2 rings (SSSR count). The highest BCUT2D eigenvalue weighted by Gasteiger charge is 2.26. The summed E-state index contributed by atoms with van der Waals surface area (Å²) in [7, 11) is 0. The van der Waals surface area contributed by atoms with Gasteiger partial charge in [0.25, 0.3) is 0 Å². The molecule has 2 heterocycles. The summed E-state index contributed by atoms with van der Waals surface area (Å²) in [5.74, 6) is -0.508. The Morgan fingerprint density at radius 2 is 1.92 bits per heavy atom. The topological polar surface area (TPSA) is 67.9 Å². The molecule has 1 aromatic heterocycles. The Bertz CT molecular complexity index is 604. The van der Waals surface area contributed by atoms with Gasteiger partial charge in [0.1, 0.15) is 5.00 Å². The third-order valence-electron chi connectivity index (χ3n) is 3.98. The predicted octanol–water partition coefficient (Wildman–Crippen LogP) is 2.59. The number of hydrogen-bond donors (Lipinski definition) is 1. The van der Waals surface area contributed by atoms with Gasteiger partial charge in [-0.3, -0.25) is 9.69 Å². The molecule has 0 aromatic carbocycles. The van der Waals surface area contributed by atoms with E-state index in [1.807, 2.05) is 27.7 Å². The highest BCUT2D eigenvalue weighted by molar-refractivity contribution is 7.16. The Hall–Kier alpha value is -1.44. The number of carbonyl (C=O) groups is 2. The van der Waals surface area contributed by atoms with Crippen LogP contribution in [-0.4, -0.2) is 55.2 Å². The maximum atomic E-state index is 12.4. The zero-order valence-electron chi connectivity index (χ0n) is 15.0. The minimum absolute atomic E-state index is 0.114. The van der Waals surface area contributed by atoms with Crippen LogP contribution in [0.1, 0.15) is 41.6 Å². The smallest absolute Gasteiger partial charge is 0.341 e. The predicted molar refractivity (Wildman–Crippen MR) is 94.8 cm³/mol. The van der Waals surface area contributed by atoms with Crippen LogP contribution in [0.3, 0.4) is 0 Å². The Balaban J connectivity index is 2.06. The first-order valence-electron chi connectivity index (χ1n) is 8.26. The summed E-state index contributed by atoms with van der Waals surface area (Å²) < 4.78 is 10.8. The normalized spacial score (nSPS) is 21.5. The highest BCUT2D eigenvalue weighted by atomic mass is 32.1. The van der Waals surface area contributed by atoms with E-state index in [-0.39, 0.29) is 30.6 Å². The fourth-order valence-corrected chi connectivity index (χ4v) is 4.01. The van der Waals surface area contributed by atoms with Crippen molar-refractivity contribution in [1.82, 2.24) is 4.90 Å². The summed E-state index contributed by atoms with van der Waals surface area (Å²) in [6.45, 7) is 11.6. The van der Waals surface area contributed by atoms with E-state index >= 15 is 0 Å². The van der Waals surface area contributed by atoms with Gasteiger partial charge in [0, 0.05) is 18.0 Å². The number of nitrogens with zero attached hydrogens (tertiary/aromatic N) is 1. The summed E-state index contributed by atoms with van der Waals surface area (Å²) in [5, 5.41) is 3.46. The molecule has 1 saturated heterocycles. The summed E-state index contributed by atoms with van der Waals surface area (Å²) in [5.41, 5.74) is 1.33. The average molecular weight is 354 g/mol. The molecular weight excluding hydrogens is 328 g/mol. The molecule has 1 aliphatic heterocycles. The van der Waals surface area contributed by atoms with E-state index in [2.05, 4.69) is 10.2 Å². The first-order valence-corrected chi connectivity index (χ1v) is 9.08. The molecule has 6 nitrogen and oxygen atoms in total. The number of hydrogen-bond acceptors (Lipinski definition) is 6.